The van der Waals surface area contributed by atoms with Gasteiger partial charge in [0.1, 0.15) is 5.82 Å². The van der Waals surface area contributed by atoms with Gasteiger partial charge in [0.25, 0.3) is 5.91 Å². The van der Waals surface area contributed by atoms with E-state index in [-0.39, 0.29) is 29.4 Å². The number of ketones is 1. The number of amides is 1. The summed E-state index contributed by atoms with van der Waals surface area (Å²) in [6.45, 7) is 3.77. The number of pyridine rings is 1. The van der Waals surface area contributed by atoms with Gasteiger partial charge in [0, 0.05) is 24.5 Å². The summed E-state index contributed by atoms with van der Waals surface area (Å²) in [5, 5.41) is 10.4. The molecule has 0 saturated carbocycles. The van der Waals surface area contributed by atoms with Gasteiger partial charge in [-0.25, -0.2) is 4.39 Å². The highest BCUT2D eigenvalue weighted by Crippen LogP contribution is 2.41. The lowest BCUT2D eigenvalue weighted by atomic mass is 9.92. The summed E-state index contributed by atoms with van der Waals surface area (Å²) >= 11 is 0. The molecule has 0 aliphatic carbocycles. The molecule has 1 unspecified atom stereocenters. The number of aliphatic hydroxyl groups is 1. The number of rotatable bonds is 5. The number of benzene rings is 1. The fraction of sp³-hybridized carbons (Fsp3) is 0.250. The highest BCUT2D eigenvalue weighted by Gasteiger charge is 2.44. The van der Waals surface area contributed by atoms with Gasteiger partial charge in [-0.2, -0.15) is 0 Å². The molecule has 0 fully saturated rings. The van der Waals surface area contributed by atoms with Gasteiger partial charge in [-0.1, -0.05) is 19.9 Å². The maximum Gasteiger partial charge on any atom is 0.294 e. The predicted molar refractivity (Wildman–Crippen MR) is 95.0 cm³/mol. The number of aromatic nitrogens is 1. The third kappa shape index (κ3) is 3.22. The smallest absolute Gasteiger partial charge is 0.294 e. The number of carbonyl (C=O) groups is 2. The van der Waals surface area contributed by atoms with E-state index in [2.05, 4.69) is 4.98 Å². The lowest BCUT2D eigenvalue weighted by Gasteiger charge is -2.27. The van der Waals surface area contributed by atoms with E-state index >= 15 is 0 Å². The highest BCUT2D eigenvalue weighted by atomic mass is 19.1. The summed E-state index contributed by atoms with van der Waals surface area (Å²) in [5.41, 5.74) is 0.934. The lowest BCUT2D eigenvalue weighted by Crippen LogP contribution is -2.31. The Kier molecular flexibility index (Phi) is 4.84. The van der Waals surface area contributed by atoms with Crippen molar-refractivity contribution in [1.29, 1.82) is 0 Å². The molecular weight excluding hydrogens is 335 g/mol. The Morgan fingerprint density at radius 2 is 1.96 bits per heavy atom. The molecule has 2 aromatic rings. The summed E-state index contributed by atoms with van der Waals surface area (Å²) in [4.78, 5) is 30.7. The van der Waals surface area contributed by atoms with E-state index in [1.165, 1.54) is 23.1 Å². The number of hydrogen-bond donors (Lipinski definition) is 1. The van der Waals surface area contributed by atoms with Crippen LogP contribution in [0.25, 0.3) is 0 Å². The van der Waals surface area contributed by atoms with Crippen LogP contribution in [-0.4, -0.2) is 21.8 Å². The van der Waals surface area contributed by atoms with Gasteiger partial charge < -0.3 is 5.11 Å². The topological polar surface area (TPSA) is 70.5 Å². The second kappa shape index (κ2) is 7.07. The molecule has 0 saturated heterocycles. The Balaban J connectivity index is 2.14. The van der Waals surface area contributed by atoms with Crippen molar-refractivity contribution < 1.29 is 19.1 Å². The third-order valence-corrected chi connectivity index (χ3v) is 4.21. The van der Waals surface area contributed by atoms with Crippen LogP contribution < -0.4 is 4.90 Å². The Hall–Kier alpha value is -3.02. The number of anilines is 1. The van der Waals surface area contributed by atoms with Crippen molar-refractivity contribution in [3.8, 4) is 0 Å². The number of halogens is 1. The van der Waals surface area contributed by atoms with Gasteiger partial charge in [-0.15, -0.1) is 0 Å². The van der Waals surface area contributed by atoms with E-state index in [0.29, 0.717) is 5.56 Å². The third-order valence-electron chi connectivity index (χ3n) is 4.21. The van der Waals surface area contributed by atoms with Crippen molar-refractivity contribution in [1.82, 2.24) is 4.98 Å². The first-order chi connectivity index (χ1) is 12.4. The minimum atomic E-state index is -0.821. The number of hydrogen-bond acceptors (Lipinski definition) is 4. The van der Waals surface area contributed by atoms with Crippen LogP contribution in [0.2, 0.25) is 0 Å². The van der Waals surface area contributed by atoms with E-state index in [4.69, 9.17) is 0 Å². The van der Waals surface area contributed by atoms with Crippen molar-refractivity contribution in [3.63, 3.8) is 0 Å². The van der Waals surface area contributed by atoms with Crippen LogP contribution >= 0.6 is 0 Å². The average molecular weight is 354 g/mol. The van der Waals surface area contributed by atoms with Crippen LogP contribution in [0.4, 0.5) is 10.1 Å². The molecule has 26 heavy (non-hydrogen) atoms. The van der Waals surface area contributed by atoms with E-state index in [1.807, 2.05) is 13.8 Å². The molecule has 1 aliphatic heterocycles. The summed E-state index contributed by atoms with van der Waals surface area (Å²) in [6.07, 6.45) is 3.29. The molecule has 1 amide bonds. The van der Waals surface area contributed by atoms with Crippen LogP contribution in [0.5, 0.6) is 0 Å². The second-order valence-corrected chi connectivity index (χ2v) is 6.62. The molecule has 0 radical (unpaired) electrons. The molecule has 1 N–H and O–H groups in total. The molecule has 0 spiro atoms. The van der Waals surface area contributed by atoms with Crippen LogP contribution in [0.15, 0.2) is 60.1 Å². The highest BCUT2D eigenvalue weighted by molar-refractivity contribution is 6.16. The number of Topliss-reactive ketones (excluding diaryl/α,β-unsaturated/α-hetero) is 1. The Morgan fingerprint density at radius 1 is 1.27 bits per heavy atom. The van der Waals surface area contributed by atoms with Gasteiger partial charge in [0.05, 0.1) is 11.6 Å². The molecule has 1 aromatic heterocycles. The van der Waals surface area contributed by atoms with Gasteiger partial charge in [-0.05, 0) is 41.8 Å². The normalized spacial score (nSPS) is 17.3. The first-order valence-electron chi connectivity index (χ1n) is 8.35. The molecule has 1 aliphatic rings. The van der Waals surface area contributed by atoms with Crippen LogP contribution in [0, 0.1) is 11.7 Å². The maximum atomic E-state index is 13.7. The Labute approximate surface area is 150 Å². The summed E-state index contributed by atoms with van der Waals surface area (Å²) < 4.78 is 13.7. The Morgan fingerprint density at radius 3 is 2.58 bits per heavy atom. The summed E-state index contributed by atoms with van der Waals surface area (Å²) in [6, 6.07) is 8.04. The van der Waals surface area contributed by atoms with Gasteiger partial charge in [0.15, 0.2) is 11.5 Å². The number of aliphatic hydroxyl groups excluding tert-OH is 1. The van der Waals surface area contributed by atoms with E-state index < -0.39 is 23.5 Å². The molecule has 3 rings (SSSR count). The predicted octanol–water partition coefficient (Wildman–Crippen LogP) is 3.74. The zero-order valence-electron chi connectivity index (χ0n) is 14.5. The first kappa shape index (κ1) is 17.8. The van der Waals surface area contributed by atoms with Gasteiger partial charge in [0.2, 0.25) is 0 Å². The van der Waals surface area contributed by atoms with Crippen LogP contribution in [0.3, 0.4) is 0 Å². The largest absolute Gasteiger partial charge is 0.503 e. The zero-order chi connectivity index (χ0) is 18.8. The average Bonchev–Trinajstić information content (AvgIpc) is 2.87. The first-order valence-corrected chi connectivity index (χ1v) is 8.35. The molecule has 5 nitrogen and oxygen atoms in total. The van der Waals surface area contributed by atoms with E-state index in [0.717, 1.165) is 0 Å². The van der Waals surface area contributed by atoms with Gasteiger partial charge >= 0.3 is 0 Å². The molecule has 1 atom stereocenters. The molecule has 134 valence electrons. The second-order valence-electron chi connectivity index (χ2n) is 6.62. The van der Waals surface area contributed by atoms with Crippen molar-refractivity contribution in [2.24, 2.45) is 5.92 Å². The quantitative estimate of drug-likeness (QED) is 0.888. The molecule has 2 heterocycles. The van der Waals surface area contributed by atoms with Crippen molar-refractivity contribution in [2.75, 3.05) is 4.90 Å². The number of nitrogens with zero attached hydrogens (tertiary/aromatic N) is 2. The molecule has 1 aromatic carbocycles. The SMILES string of the molecule is CC(C)CC(=O)C1=C(O)C(=O)N(c2cccc(F)c2)C1c1ccncc1. The monoisotopic (exact) mass is 354 g/mol. The zero-order valence-corrected chi connectivity index (χ0v) is 14.5. The minimum absolute atomic E-state index is 0.0409. The molecular formula is C20H19FN2O3. The fourth-order valence-corrected chi connectivity index (χ4v) is 3.12. The Bertz CT molecular complexity index is 878. The maximum absolute atomic E-state index is 13.7. The van der Waals surface area contributed by atoms with E-state index in [9.17, 15) is 19.1 Å². The molecule has 0 bridgehead atoms. The van der Waals surface area contributed by atoms with Crippen LogP contribution in [-0.2, 0) is 9.59 Å². The standard InChI is InChI=1S/C20H19FN2O3/c1-12(2)10-16(24)17-18(13-6-8-22-9-7-13)23(20(26)19(17)25)15-5-3-4-14(21)11-15/h3-9,11-12,18,25H,10H2,1-2H3. The minimum Gasteiger partial charge on any atom is -0.503 e. The van der Waals surface area contributed by atoms with Crippen LogP contribution in [0.1, 0.15) is 31.9 Å². The van der Waals surface area contributed by atoms with E-state index in [1.54, 1.807) is 30.6 Å². The van der Waals surface area contributed by atoms with Crippen molar-refractivity contribution in [3.05, 3.63) is 71.5 Å². The summed E-state index contributed by atoms with van der Waals surface area (Å²) in [5.74, 6) is -2.04. The van der Waals surface area contributed by atoms with Crippen molar-refractivity contribution >= 4 is 17.4 Å². The summed E-state index contributed by atoms with van der Waals surface area (Å²) in [7, 11) is 0. The fourth-order valence-electron chi connectivity index (χ4n) is 3.12. The number of carbonyl (C=O) groups excluding carboxylic acids is 2. The van der Waals surface area contributed by atoms with Crippen molar-refractivity contribution in [2.45, 2.75) is 26.3 Å². The lowest BCUT2D eigenvalue weighted by molar-refractivity contribution is -0.118. The molecule has 6 heteroatoms. The van der Waals surface area contributed by atoms with Gasteiger partial charge in [-0.3, -0.25) is 19.5 Å².